The smallest absolute Gasteiger partial charge is 0.0163 e. The van der Waals surface area contributed by atoms with E-state index in [9.17, 15) is 0 Å². The summed E-state index contributed by atoms with van der Waals surface area (Å²) in [5.74, 6) is 2.58. The highest BCUT2D eigenvalue weighted by Gasteiger charge is 2.27. The first-order valence-electron chi connectivity index (χ1n) is 6.92. The quantitative estimate of drug-likeness (QED) is 0.890. The zero-order chi connectivity index (χ0) is 13.0. The Morgan fingerprint density at radius 1 is 1.33 bits per heavy atom. The van der Waals surface area contributed by atoms with Gasteiger partial charge in [-0.05, 0) is 48.6 Å². The van der Waals surface area contributed by atoms with Gasteiger partial charge in [0.25, 0.3) is 0 Å². The lowest BCUT2D eigenvalue weighted by atomic mass is 9.88. The summed E-state index contributed by atoms with van der Waals surface area (Å²) in [6.45, 7) is 8.07. The highest BCUT2D eigenvalue weighted by molar-refractivity contribution is 7.99. The van der Waals surface area contributed by atoms with Crippen LogP contribution in [0.2, 0.25) is 0 Å². The molecule has 0 spiro atoms. The Morgan fingerprint density at radius 2 is 2.11 bits per heavy atom. The first-order chi connectivity index (χ1) is 8.57. The second kappa shape index (κ2) is 6.12. The lowest BCUT2D eigenvalue weighted by Gasteiger charge is -2.35. The van der Waals surface area contributed by atoms with Gasteiger partial charge in [0.05, 0.1) is 0 Å². The maximum atomic E-state index is 3.73. The Labute approximate surface area is 116 Å². The molecule has 100 valence electrons. The van der Waals surface area contributed by atoms with Crippen LogP contribution in [0.15, 0.2) is 24.3 Å². The fourth-order valence-electron chi connectivity index (χ4n) is 2.70. The lowest BCUT2D eigenvalue weighted by Crippen LogP contribution is -2.41. The van der Waals surface area contributed by atoms with Gasteiger partial charge in [0.15, 0.2) is 0 Å². The number of thioether (sulfide) groups is 1. The van der Waals surface area contributed by atoms with Crippen LogP contribution in [0.1, 0.15) is 31.4 Å². The molecule has 1 aliphatic heterocycles. The number of hydrogen-bond acceptors (Lipinski definition) is 2. The second-order valence-corrected chi connectivity index (χ2v) is 7.24. The standard InChI is InChI=1S/C16H25NS/c1-13-6-4-5-7-14(13)8-9-17-15-10-16(2,3)12-18-11-15/h4-7,15,17H,8-12H2,1-3H3. The normalized spacial score (nSPS) is 22.9. The van der Waals surface area contributed by atoms with Gasteiger partial charge in [-0.25, -0.2) is 0 Å². The molecule has 1 heterocycles. The molecule has 2 rings (SSSR count). The third kappa shape index (κ3) is 4.03. The topological polar surface area (TPSA) is 12.0 Å². The minimum atomic E-state index is 0.503. The van der Waals surface area contributed by atoms with E-state index in [-0.39, 0.29) is 0 Å². The van der Waals surface area contributed by atoms with Crippen LogP contribution in [0.5, 0.6) is 0 Å². The predicted octanol–water partition coefficient (Wildman–Crippen LogP) is 3.66. The van der Waals surface area contributed by atoms with Gasteiger partial charge in [0, 0.05) is 11.8 Å². The molecule has 18 heavy (non-hydrogen) atoms. The van der Waals surface area contributed by atoms with Crippen molar-refractivity contribution in [3.05, 3.63) is 35.4 Å². The SMILES string of the molecule is Cc1ccccc1CCNC1CSCC(C)(C)C1. The monoisotopic (exact) mass is 263 g/mol. The van der Waals surface area contributed by atoms with Crippen molar-refractivity contribution in [3.8, 4) is 0 Å². The molecule has 1 aromatic carbocycles. The second-order valence-electron chi connectivity index (χ2n) is 6.21. The van der Waals surface area contributed by atoms with Gasteiger partial charge in [0.1, 0.15) is 0 Å². The summed E-state index contributed by atoms with van der Waals surface area (Å²) < 4.78 is 0. The van der Waals surface area contributed by atoms with Crippen molar-refractivity contribution in [2.45, 2.75) is 39.7 Å². The molecular weight excluding hydrogens is 238 g/mol. The molecule has 1 atom stereocenters. The van der Waals surface area contributed by atoms with Gasteiger partial charge in [-0.1, -0.05) is 38.1 Å². The molecule has 1 N–H and O–H groups in total. The maximum absolute atomic E-state index is 3.73. The molecule has 1 unspecified atom stereocenters. The molecule has 1 aliphatic rings. The van der Waals surface area contributed by atoms with E-state index in [2.05, 4.69) is 62.1 Å². The molecular formula is C16H25NS. The number of rotatable bonds is 4. The molecule has 0 amide bonds. The van der Waals surface area contributed by atoms with Crippen LogP contribution in [0.4, 0.5) is 0 Å². The molecule has 0 saturated carbocycles. The van der Waals surface area contributed by atoms with E-state index in [1.165, 1.54) is 29.1 Å². The number of benzene rings is 1. The number of aryl methyl sites for hydroxylation is 1. The minimum Gasteiger partial charge on any atom is -0.313 e. The van der Waals surface area contributed by atoms with Crippen LogP contribution in [0.25, 0.3) is 0 Å². The first kappa shape index (κ1) is 14.0. The van der Waals surface area contributed by atoms with E-state index < -0.39 is 0 Å². The Bertz CT molecular complexity index is 386. The Kier molecular flexibility index (Phi) is 4.74. The Morgan fingerprint density at radius 3 is 2.83 bits per heavy atom. The molecule has 1 saturated heterocycles. The van der Waals surface area contributed by atoms with Gasteiger partial charge in [0.2, 0.25) is 0 Å². The molecule has 1 nitrogen and oxygen atoms in total. The number of hydrogen-bond donors (Lipinski definition) is 1. The van der Waals surface area contributed by atoms with Crippen LogP contribution in [0.3, 0.4) is 0 Å². The first-order valence-corrected chi connectivity index (χ1v) is 8.08. The Balaban J connectivity index is 1.77. The third-order valence-electron chi connectivity index (χ3n) is 3.70. The van der Waals surface area contributed by atoms with Crippen LogP contribution >= 0.6 is 11.8 Å². The fourth-order valence-corrected chi connectivity index (χ4v) is 4.00. The van der Waals surface area contributed by atoms with Crippen LogP contribution < -0.4 is 5.32 Å². The molecule has 1 fully saturated rings. The number of nitrogens with one attached hydrogen (secondary N) is 1. The summed E-state index contributed by atoms with van der Waals surface area (Å²) in [5.41, 5.74) is 3.40. The summed E-state index contributed by atoms with van der Waals surface area (Å²) >= 11 is 2.10. The van der Waals surface area contributed by atoms with E-state index in [0.29, 0.717) is 11.5 Å². The highest BCUT2D eigenvalue weighted by atomic mass is 32.2. The van der Waals surface area contributed by atoms with E-state index >= 15 is 0 Å². The molecule has 2 heteroatoms. The largest absolute Gasteiger partial charge is 0.313 e. The van der Waals surface area contributed by atoms with E-state index in [0.717, 1.165) is 13.0 Å². The van der Waals surface area contributed by atoms with Gasteiger partial charge in [-0.2, -0.15) is 11.8 Å². The van der Waals surface area contributed by atoms with Gasteiger partial charge in [-0.15, -0.1) is 0 Å². The van der Waals surface area contributed by atoms with Crippen molar-refractivity contribution in [1.82, 2.24) is 5.32 Å². The molecule has 0 aliphatic carbocycles. The summed E-state index contributed by atoms with van der Waals surface area (Å²) in [7, 11) is 0. The van der Waals surface area contributed by atoms with Crippen LogP contribution in [-0.2, 0) is 6.42 Å². The average molecular weight is 263 g/mol. The molecule has 1 aromatic rings. The molecule has 0 bridgehead atoms. The van der Waals surface area contributed by atoms with Crippen molar-refractivity contribution in [1.29, 1.82) is 0 Å². The van der Waals surface area contributed by atoms with Crippen molar-refractivity contribution in [3.63, 3.8) is 0 Å². The summed E-state index contributed by atoms with van der Waals surface area (Å²) in [5, 5.41) is 3.73. The lowest BCUT2D eigenvalue weighted by molar-refractivity contribution is 0.319. The Hall–Kier alpha value is -0.470. The van der Waals surface area contributed by atoms with E-state index in [1.54, 1.807) is 0 Å². The summed E-state index contributed by atoms with van der Waals surface area (Å²) in [4.78, 5) is 0. The zero-order valence-corrected chi connectivity index (χ0v) is 12.6. The van der Waals surface area contributed by atoms with Crippen molar-refractivity contribution in [2.75, 3.05) is 18.1 Å². The van der Waals surface area contributed by atoms with Crippen LogP contribution in [-0.4, -0.2) is 24.1 Å². The van der Waals surface area contributed by atoms with Gasteiger partial charge < -0.3 is 5.32 Å². The van der Waals surface area contributed by atoms with Crippen LogP contribution in [0, 0.1) is 12.3 Å². The summed E-state index contributed by atoms with van der Waals surface area (Å²) in [6.07, 6.45) is 2.46. The zero-order valence-electron chi connectivity index (χ0n) is 11.8. The molecule has 0 aromatic heterocycles. The van der Waals surface area contributed by atoms with Gasteiger partial charge in [-0.3, -0.25) is 0 Å². The highest BCUT2D eigenvalue weighted by Crippen LogP contribution is 2.33. The van der Waals surface area contributed by atoms with Crippen molar-refractivity contribution < 1.29 is 0 Å². The van der Waals surface area contributed by atoms with E-state index in [1.807, 2.05) is 0 Å². The predicted molar refractivity (Wildman–Crippen MR) is 82.4 cm³/mol. The van der Waals surface area contributed by atoms with Crippen molar-refractivity contribution >= 4 is 11.8 Å². The maximum Gasteiger partial charge on any atom is 0.0163 e. The van der Waals surface area contributed by atoms with Gasteiger partial charge >= 0.3 is 0 Å². The third-order valence-corrected chi connectivity index (χ3v) is 5.32. The summed E-state index contributed by atoms with van der Waals surface area (Å²) in [6, 6.07) is 9.41. The average Bonchev–Trinajstić information content (AvgIpc) is 2.30. The fraction of sp³-hybridized carbons (Fsp3) is 0.625. The molecule has 0 radical (unpaired) electrons. The van der Waals surface area contributed by atoms with E-state index in [4.69, 9.17) is 0 Å². The minimum absolute atomic E-state index is 0.503. The van der Waals surface area contributed by atoms with Crippen molar-refractivity contribution in [2.24, 2.45) is 5.41 Å².